The molecule has 0 aliphatic heterocycles. The van der Waals surface area contributed by atoms with Gasteiger partial charge in [-0.2, -0.15) is 0 Å². The fourth-order valence-electron chi connectivity index (χ4n) is 1.64. The Kier molecular flexibility index (Phi) is 10.5. The van der Waals surface area contributed by atoms with Crippen molar-refractivity contribution in [2.45, 2.75) is 19.9 Å². The summed E-state index contributed by atoms with van der Waals surface area (Å²) in [5.74, 6) is 0.679. The van der Waals surface area contributed by atoms with E-state index in [2.05, 4.69) is 5.32 Å². The molecule has 0 amide bonds. The van der Waals surface area contributed by atoms with E-state index in [4.69, 9.17) is 32.7 Å². The van der Waals surface area contributed by atoms with E-state index < -0.39 is 0 Å². The Morgan fingerprint density at radius 3 is 2.63 bits per heavy atom. The monoisotopic (exact) mass is 326 g/mol. The maximum absolute atomic E-state index is 6.06. The van der Waals surface area contributed by atoms with Crippen molar-refractivity contribution in [3.8, 4) is 5.75 Å². The lowest BCUT2D eigenvalue weighted by Crippen LogP contribution is -3.00. The van der Waals surface area contributed by atoms with Crippen molar-refractivity contribution in [2.75, 3.05) is 26.9 Å². The van der Waals surface area contributed by atoms with Gasteiger partial charge in [0.05, 0.1) is 12.1 Å². The molecular formula is C13H19Cl3NO2-. The summed E-state index contributed by atoms with van der Waals surface area (Å²) in [4.78, 5) is 0. The Morgan fingerprint density at radius 2 is 2.00 bits per heavy atom. The molecule has 6 heteroatoms. The molecule has 0 saturated carbocycles. The number of halogens is 3. The van der Waals surface area contributed by atoms with Gasteiger partial charge in [-0.3, -0.25) is 0 Å². The highest BCUT2D eigenvalue weighted by Crippen LogP contribution is 2.31. The van der Waals surface area contributed by atoms with Crippen LogP contribution in [-0.2, 0) is 11.3 Å². The Labute approximate surface area is 131 Å². The van der Waals surface area contributed by atoms with Gasteiger partial charge in [-0.1, -0.05) is 23.2 Å². The number of hydrogen-bond donors (Lipinski definition) is 1. The van der Waals surface area contributed by atoms with Gasteiger partial charge in [-0.05, 0) is 32.0 Å². The molecule has 3 nitrogen and oxygen atoms in total. The molecular weight excluding hydrogens is 309 g/mol. The summed E-state index contributed by atoms with van der Waals surface area (Å²) in [7, 11) is 1.60. The maximum atomic E-state index is 6.06. The van der Waals surface area contributed by atoms with Gasteiger partial charge in [0.2, 0.25) is 0 Å². The van der Waals surface area contributed by atoms with Crippen LogP contribution in [0.5, 0.6) is 5.75 Å². The maximum Gasteiger partial charge on any atom is 0.142 e. The van der Waals surface area contributed by atoms with E-state index in [9.17, 15) is 0 Å². The van der Waals surface area contributed by atoms with Gasteiger partial charge >= 0.3 is 0 Å². The third-order valence-electron chi connectivity index (χ3n) is 2.45. The molecule has 0 aliphatic carbocycles. The average Bonchev–Trinajstić information content (AvgIpc) is 2.33. The second-order valence-corrected chi connectivity index (χ2v) is 4.65. The van der Waals surface area contributed by atoms with E-state index in [0.717, 1.165) is 31.7 Å². The largest absolute Gasteiger partial charge is 1.00 e. The minimum Gasteiger partial charge on any atom is -1.00 e. The molecule has 1 aromatic carbocycles. The van der Waals surface area contributed by atoms with Crippen LogP contribution in [0, 0.1) is 0 Å². The molecule has 0 radical (unpaired) electrons. The first-order valence-corrected chi connectivity index (χ1v) is 6.75. The second kappa shape index (κ2) is 10.6. The van der Waals surface area contributed by atoms with Crippen LogP contribution in [0.2, 0.25) is 10.0 Å². The second-order valence-electron chi connectivity index (χ2n) is 3.81. The molecule has 0 unspecified atom stereocenters. The summed E-state index contributed by atoms with van der Waals surface area (Å²) >= 11 is 12.0. The molecule has 1 aromatic rings. The van der Waals surface area contributed by atoms with Gasteiger partial charge in [0.25, 0.3) is 0 Å². The number of nitrogens with one attached hydrogen (secondary N) is 1. The summed E-state index contributed by atoms with van der Waals surface area (Å²) in [6.45, 7) is 5.09. The SMILES string of the molecule is CCOCCCNCc1cc(Cl)cc(Cl)c1OC.[Cl-]. The predicted molar refractivity (Wildman–Crippen MR) is 75.8 cm³/mol. The molecule has 1 rings (SSSR count). The Hall–Kier alpha value is -0.190. The van der Waals surface area contributed by atoms with E-state index in [0.29, 0.717) is 22.3 Å². The molecule has 0 aromatic heterocycles. The third kappa shape index (κ3) is 6.68. The topological polar surface area (TPSA) is 30.5 Å². The third-order valence-corrected chi connectivity index (χ3v) is 2.95. The van der Waals surface area contributed by atoms with Crippen LogP contribution >= 0.6 is 23.2 Å². The minimum atomic E-state index is 0. The van der Waals surface area contributed by atoms with Gasteiger partial charge in [-0.15, -0.1) is 0 Å². The van der Waals surface area contributed by atoms with Crippen molar-refractivity contribution < 1.29 is 21.9 Å². The fourth-order valence-corrected chi connectivity index (χ4v) is 2.25. The molecule has 0 spiro atoms. The van der Waals surface area contributed by atoms with Gasteiger partial charge in [0.1, 0.15) is 5.75 Å². The van der Waals surface area contributed by atoms with Crippen molar-refractivity contribution in [2.24, 2.45) is 0 Å². The first-order chi connectivity index (χ1) is 8.69. The van der Waals surface area contributed by atoms with Gasteiger partial charge in [0, 0.05) is 30.3 Å². The average molecular weight is 328 g/mol. The van der Waals surface area contributed by atoms with E-state index in [1.807, 2.05) is 13.0 Å². The van der Waals surface area contributed by atoms with Crippen LogP contribution in [0.15, 0.2) is 12.1 Å². The normalized spacial score (nSPS) is 10.1. The van der Waals surface area contributed by atoms with Crippen molar-refractivity contribution in [3.63, 3.8) is 0 Å². The van der Waals surface area contributed by atoms with E-state index in [-0.39, 0.29) is 12.4 Å². The lowest BCUT2D eigenvalue weighted by atomic mass is 10.2. The van der Waals surface area contributed by atoms with Crippen molar-refractivity contribution >= 4 is 23.2 Å². The zero-order chi connectivity index (χ0) is 13.4. The molecule has 0 atom stereocenters. The van der Waals surface area contributed by atoms with E-state index in [1.54, 1.807) is 13.2 Å². The van der Waals surface area contributed by atoms with Crippen LogP contribution < -0.4 is 22.5 Å². The Morgan fingerprint density at radius 1 is 1.26 bits per heavy atom. The van der Waals surface area contributed by atoms with Crippen molar-refractivity contribution in [1.29, 1.82) is 0 Å². The molecule has 0 aliphatic rings. The van der Waals surface area contributed by atoms with E-state index in [1.165, 1.54) is 0 Å². The summed E-state index contributed by atoms with van der Waals surface area (Å²) in [5, 5.41) is 4.47. The molecule has 0 heterocycles. The summed E-state index contributed by atoms with van der Waals surface area (Å²) in [6.07, 6.45) is 0.977. The molecule has 110 valence electrons. The van der Waals surface area contributed by atoms with Crippen LogP contribution in [0.3, 0.4) is 0 Å². The standard InChI is InChI=1S/C13H19Cl2NO2.ClH/c1-3-18-6-4-5-16-9-10-7-11(14)8-12(15)13(10)17-2;/h7-8,16H,3-6,9H2,1-2H3;1H/p-1. The molecule has 1 N–H and O–H groups in total. The summed E-state index contributed by atoms with van der Waals surface area (Å²) < 4.78 is 10.5. The summed E-state index contributed by atoms with van der Waals surface area (Å²) in [5.41, 5.74) is 0.964. The molecule has 0 saturated heterocycles. The smallest absolute Gasteiger partial charge is 0.142 e. The Bertz CT molecular complexity index is 375. The highest BCUT2D eigenvalue weighted by atomic mass is 35.5. The quantitative estimate of drug-likeness (QED) is 0.706. The van der Waals surface area contributed by atoms with Crippen LogP contribution in [-0.4, -0.2) is 26.9 Å². The highest BCUT2D eigenvalue weighted by Gasteiger charge is 2.09. The molecule has 0 fully saturated rings. The number of hydrogen-bond acceptors (Lipinski definition) is 3. The first-order valence-electron chi connectivity index (χ1n) is 5.99. The lowest BCUT2D eigenvalue weighted by Gasteiger charge is -2.12. The fraction of sp³-hybridized carbons (Fsp3) is 0.538. The number of methoxy groups -OCH3 is 1. The number of rotatable bonds is 8. The van der Waals surface area contributed by atoms with Crippen LogP contribution in [0.4, 0.5) is 0 Å². The highest BCUT2D eigenvalue weighted by molar-refractivity contribution is 6.35. The van der Waals surface area contributed by atoms with Gasteiger partial charge in [-0.25, -0.2) is 0 Å². The Balaban J connectivity index is 0.00000324. The number of benzene rings is 1. The predicted octanol–water partition coefficient (Wildman–Crippen LogP) is 0.522. The number of ether oxygens (including phenoxy) is 2. The lowest BCUT2D eigenvalue weighted by molar-refractivity contribution is -0.00000476. The zero-order valence-electron chi connectivity index (χ0n) is 11.1. The molecule has 19 heavy (non-hydrogen) atoms. The first kappa shape index (κ1) is 18.8. The van der Waals surface area contributed by atoms with Crippen molar-refractivity contribution in [3.05, 3.63) is 27.7 Å². The zero-order valence-corrected chi connectivity index (χ0v) is 13.4. The minimum absolute atomic E-state index is 0. The van der Waals surface area contributed by atoms with Crippen molar-refractivity contribution in [1.82, 2.24) is 5.32 Å². The van der Waals surface area contributed by atoms with Gasteiger partial charge in [0.15, 0.2) is 0 Å². The van der Waals surface area contributed by atoms with Crippen LogP contribution in [0.1, 0.15) is 18.9 Å². The van der Waals surface area contributed by atoms with Crippen LogP contribution in [0.25, 0.3) is 0 Å². The molecule has 0 bridgehead atoms. The van der Waals surface area contributed by atoms with E-state index >= 15 is 0 Å². The van der Waals surface area contributed by atoms with Gasteiger partial charge < -0.3 is 27.2 Å². The summed E-state index contributed by atoms with van der Waals surface area (Å²) in [6, 6.07) is 3.54.